The second-order valence-electron chi connectivity index (χ2n) is 4.59. The Labute approximate surface area is 105 Å². The van der Waals surface area contributed by atoms with Gasteiger partial charge in [0.25, 0.3) is 5.91 Å². The van der Waals surface area contributed by atoms with Gasteiger partial charge in [-0.05, 0) is 18.6 Å². The van der Waals surface area contributed by atoms with Crippen molar-refractivity contribution in [3.8, 4) is 11.5 Å². The molecule has 96 valence electrons. The Morgan fingerprint density at radius 1 is 1.33 bits per heavy atom. The number of ether oxygens (including phenoxy) is 2. The predicted molar refractivity (Wildman–Crippen MR) is 63.6 cm³/mol. The molecule has 2 aliphatic heterocycles. The first-order valence-corrected chi connectivity index (χ1v) is 6.09. The van der Waals surface area contributed by atoms with Gasteiger partial charge in [-0.15, -0.1) is 0 Å². The van der Waals surface area contributed by atoms with Crippen LogP contribution in [-0.2, 0) is 4.79 Å². The molecule has 1 aromatic rings. The van der Waals surface area contributed by atoms with Crippen molar-refractivity contribution in [1.82, 2.24) is 4.90 Å². The number of rotatable bonds is 1. The maximum atomic E-state index is 12.2. The third kappa shape index (κ3) is 2.01. The highest BCUT2D eigenvalue weighted by molar-refractivity contribution is 5.82. The Balaban J connectivity index is 1.70. The fourth-order valence-electron chi connectivity index (χ4n) is 2.29. The molecule has 18 heavy (non-hydrogen) atoms. The van der Waals surface area contributed by atoms with Gasteiger partial charge in [-0.3, -0.25) is 4.79 Å². The van der Waals surface area contributed by atoms with Crippen LogP contribution in [0, 0.1) is 0 Å². The van der Waals surface area contributed by atoms with E-state index in [1.54, 1.807) is 11.0 Å². The first-order chi connectivity index (χ1) is 8.74. The molecule has 1 unspecified atom stereocenters. The van der Waals surface area contributed by atoms with Crippen molar-refractivity contribution in [2.45, 2.75) is 18.6 Å². The van der Waals surface area contributed by atoms with E-state index in [9.17, 15) is 9.90 Å². The second-order valence-corrected chi connectivity index (χ2v) is 4.59. The molecule has 0 bridgehead atoms. The van der Waals surface area contributed by atoms with Gasteiger partial charge < -0.3 is 19.5 Å². The molecule has 1 saturated heterocycles. The van der Waals surface area contributed by atoms with Crippen LogP contribution in [0.25, 0.3) is 0 Å². The van der Waals surface area contributed by atoms with Crippen molar-refractivity contribution in [3.63, 3.8) is 0 Å². The minimum Gasteiger partial charge on any atom is -0.485 e. The molecule has 0 saturated carbocycles. The van der Waals surface area contributed by atoms with Gasteiger partial charge in [0.1, 0.15) is 6.61 Å². The van der Waals surface area contributed by atoms with Crippen molar-refractivity contribution in [2.75, 3.05) is 19.7 Å². The number of aliphatic hydroxyl groups is 1. The molecular formula is C13H15NO4. The minimum atomic E-state index is -0.606. The normalized spacial score (nSPS) is 26.2. The maximum absolute atomic E-state index is 12.2. The SMILES string of the molecule is O=C(C1COc2ccccc2O1)N1CC[C@H](O)C1. The van der Waals surface area contributed by atoms with E-state index in [0.29, 0.717) is 31.0 Å². The summed E-state index contributed by atoms with van der Waals surface area (Å²) in [5.74, 6) is 1.16. The van der Waals surface area contributed by atoms with Gasteiger partial charge in [-0.25, -0.2) is 0 Å². The van der Waals surface area contributed by atoms with E-state index in [-0.39, 0.29) is 12.5 Å². The largest absolute Gasteiger partial charge is 0.485 e. The van der Waals surface area contributed by atoms with Gasteiger partial charge in [0.05, 0.1) is 6.10 Å². The van der Waals surface area contributed by atoms with E-state index in [2.05, 4.69) is 0 Å². The molecular weight excluding hydrogens is 234 g/mol. The average Bonchev–Trinajstić information content (AvgIpc) is 2.84. The highest BCUT2D eigenvalue weighted by Gasteiger charge is 2.34. The number of fused-ring (bicyclic) bond motifs is 1. The van der Waals surface area contributed by atoms with Crippen LogP contribution >= 0.6 is 0 Å². The summed E-state index contributed by atoms with van der Waals surface area (Å²) >= 11 is 0. The summed E-state index contributed by atoms with van der Waals surface area (Å²) in [7, 11) is 0. The maximum Gasteiger partial charge on any atom is 0.267 e. The molecule has 0 aliphatic carbocycles. The number of nitrogens with zero attached hydrogens (tertiary/aromatic N) is 1. The minimum absolute atomic E-state index is 0.110. The molecule has 1 amide bonds. The van der Waals surface area contributed by atoms with Crippen LogP contribution in [0.3, 0.4) is 0 Å². The first-order valence-electron chi connectivity index (χ1n) is 6.09. The Morgan fingerprint density at radius 3 is 2.83 bits per heavy atom. The highest BCUT2D eigenvalue weighted by Crippen LogP contribution is 2.31. The van der Waals surface area contributed by atoms with Crippen molar-refractivity contribution in [3.05, 3.63) is 24.3 Å². The lowest BCUT2D eigenvalue weighted by molar-refractivity contribution is -0.140. The van der Waals surface area contributed by atoms with Crippen molar-refractivity contribution < 1.29 is 19.4 Å². The number of aliphatic hydroxyl groups excluding tert-OH is 1. The standard InChI is InChI=1S/C13H15NO4/c15-9-5-6-14(7-9)13(16)12-8-17-10-3-1-2-4-11(10)18-12/h1-4,9,12,15H,5-8H2/t9-,12?/m0/s1. The molecule has 3 rings (SSSR count). The van der Waals surface area contributed by atoms with E-state index in [1.165, 1.54) is 0 Å². The molecule has 0 spiro atoms. The van der Waals surface area contributed by atoms with Crippen LogP contribution < -0.4 is 9.47 Å². The number of amides is 1. The summed E-state index contributed by atoms with van der Waals surface area (Å²) in [6, 6.07) is 7.30. The van der Waals surface area contributed by atoms with E-state index >= 15 is 0 Å². The molecule has 1 N–H and O–H groups in total. The number of carbonyl (C=O) groups excluding carboxylic acids is 1. The molecule has 2 aliphatic rings. The zero-order chi connectivity index (χ0) is 12.5. The van der Waals surface area contributed by atoms with Crippen molar-refractivity contribution in [1.29, 1.82) is 0 Å². The molecule has 5 nitrogen and oxygen atoms in total. The lowest BCUT2D eigenvalue weighted by Crippen LogP contribution is -2.45. The van der Waals surface area contributed by atoms with Gasteiger partial charge in [-0.2, -0.15) is 0 Å². The van der Waals surface area contributed by atoms with Crippen molar-refractivity contribution in [2.24, 2.45) is 0 Å². The predicted octanol–water partition coefficient (Wildman–Crippen LogP) is 0.420. The number of benzene rings is 1. The molecule has 5 heteroatoms. The summed E-state index contributed by atoms with van der Waals surface area (Å²) in [6.45, 7) is 1.20. The Hall–Kier alpha value is -1.75. The zero-order valence-electron chi connectivity index (χ0n) is 9.91. The fraction of sp³-hybridized carbons (Fsp3) is 0.462. The zero-order valence-corrected chi connectivity index (χ0v) is 9.91. The van der Waals surface area contributed by atoms with E-state index in [0.717, 1.165) is 0 Å². The average molecular weight is 249 g/mol. The third-order valence-corrected chi connectivity index (χ3v) is 3.26. The van der Waals surface area contributed by atoms with Gasteiger partial charge in [-0.1, -0.05) is 12.1 Å². The fourth-order valence-corrected chi connectivity index (χ4v) is 2.29. The van der Waals surface area contributed by atoms with Crippen LogP contribution in [-0.4, -0.2) is 47.8 Å². The number of hydrogen-bond acceptors (Lipinski definition) is 4. The highest BCUT2D eigenvalue weighted by atomic mass is 16.6. The molecule has 0 radical (unpaired) electrons. The smallest absolute Gasteiger partial charge is 0.267 e. The van der Waals surface area contributed by atoms with Gasteiger partial charge in [0.2, 0.25) is 6.10 Å². The monoisotopic (exact) mass is 249 g/mol. The first kappa shape index (κ1) is 11.3. The summed E-state index contributed by atoms with van der Waals surface area (Å²) < 4.78 is 11.2. The molecule has 0 aromatic heterocycles. The summed E-state index contributed by atoms with van der Waals surface area (Å²) in [5.41, 5.74) is 0. The summed E-state index contributed by atoms with van der Waals surface area (Å²) in [5, 5.41) is 9.44. The summed E-state index contributed by atoms with van der Waals surface area (Å²) in [6.07, 6.45) is -0.383. The summed E-state index contributed by atoms with van der Waals surface area (Å²) in [4.78, 5) is 13.8. The van der Waals surface area contributed by atoms with Crippen LogP contribution in [0.15, 0.2) is 24.3 Å². The number of β-amino-alcohol motifs (C(OH)–C–C–N with tert-alkyl or cyclic N) is 1. The van der Waals surface area contributed by atoms with Crippen LogP contribution in [0.1, 0.15) is 6.42 Å². The molecule has 1 fully saturated rings. The Morgan fingerprint density at radius 2 is 2.11 bits per heavy atom. The van der Waals surface area contributed by atoms with Crippen LogP contribution in [0.4, 0.5) is 0 Å². The van der Waals surface area contributed by atoms with E-state index < -0.39 is 12.2 Å². The van der Waals surface area contributed by atoms with E-state index in [4.69, 9.17) is 9.47 Å². The van der Waals surface area contributed by atoms with Crippen LogP contribution in [0.5, 0.6) is 11.5 Å². The third-order valence-electron chi connectivity index (χ3n) is 3.26. The number of para-hydroxylation sites is 2. The quantitative estimate of drug-likeness (QED) is 0.783. The topological polar surface area (TPSA) is 59.0 Å². The number of hydrogen-bond donors (Lipinski definition) is 1. The lowest BCUT2D eigenvalue weighted by atomic mass is 10.2. The van der Waals surface area contributed by atoms with Crippen molar-refractivity contribution >= 4 is 5.91 Å². The Bertz CT molecular complexity index is 462. The van der Waals surface area contributed by atoms with Gasteiger partial charge in [0, 0.05) is 13.1 Å². The lowest BCUT2D eigenvalue weighted by Gasteiger charge is -2.28. The van der Waals surface area contributed by atoms with E-state index in [1.807, 2.05) is 18.2 Å². The number of likely N-dealkylation sites (tertiary alicyclic amines) is 1. The molecule has 1 aromatic carbocycles. The molecule has 2 heterocycles. The van der Waals surface area contributed by atoms with Gasteiger partial charge in [0.15, 0.2) is 11.5 Å². The van der Waals surface area contributed by atoms with Crippen LogP contribution in [0.2, 0.25) is 0 Å². The van der Waals surface area contributed by atoms with Gasteiger partial charge >= 0.3 is 0 Å². The Kier molecular flexibility index (Phi) is 2.83. The second kappa shape index (κ2) is 4.49. The molecule has 2 atom stereocenters. The number of carbonyl (C=O) groups is 1.